The molecular formula is C21H17N2O+. The summed E-state index contributed by atoms with van der Waals surface area (Å²) >= 11 is 0. The Balaban J connectivity index is 2.05. The lowest BCUT2D eigenvalue weighted by atomic mass is 9.97. The largest absolute Gasteiger partial charge is 0.457 e. The average Bonchev–Trinajstić information content (AvgIpc) is 2.99. The first-order chi connectivity index (χ1) is 12.8. The standard InChI is InChI=1S/C21H17N2O/c1-13-5-9-17(23(4)12-13)20-14(2)6-10-18-21(20)16-8-7-15(22-3)11-19(16)24-18/h5-12H,1-2,4H3/q+1/i1D3. The van der Waals surface area contributed by atoms with Crippen LogP contribution in [-0.2, 0) is 7.05 Å². The van der Waals surface area contributed by atoms with Crippen molar-refractivity contribution in [3.63, 3.8) is 0 Å². The van der Waals surface area contributed by atoms with E-state index in [0.717, 1.165) is 33.2 Å². The van der Waals surface area contributed by atoms with Crippen molar-refractivity contribution >= 4 is 27.6 Å². The van der Waals surface area contributed by atoms with Crippen molar-refractivity contribution in [1.82, 2.24) is 0 Å². The number of benzene rings is 2. The molecule has 0 fully saturated rings. The van der Waals surface area contributed by atoms with Gasteiger partial charge in [0.05, 0.1) is 12.1 Å². The Morgan fingerprint density at radius 2 is 2.00 bits per heavy atom. The Labute approximate surface area is 144 Å². The van der Waals surface area contributed by atoms with Gasteiger partial charge in [-0.25, -0.2) is 9.41 Å². The van der Waals surface area contributed by atoms with Crippen molar-refractivity contribution < 1.29 is 13.1 Å². The third-order valence-corrected chi connectivity index (χ3v) is 4.35. The average molecular weight is 316 g/mol. The van der Waals surface area contributed by atoms with Gasteiger partial charge in [-0.15, -0.1) is 0 Å². The van der Waals surface area contributed by atoms with Gasteiger partial charge in [0.15, 0.2) is 11.9 Å². The summed E-state index contributed by atoms with van der Waals surface area (Å²) in [4.78, 5) is 3.47. The topological polar surface area (TPSA) is 21.4 Å². The van der Waals surface area contributed by atoms with Crippen molar-refractivity contribution in [2.24, 2.45) is 7.05 Å². The molecule has 2 aromatic heterocycles. The lowest BCUT2D eigenvalue weighted by Crippen LogP contribution is -2.31. The van der Waals surface area contributed by atoms with Crippen LogP contribution < -0.4 is 4.57 Å². The van der Waals surface area contributed by atoms with Gasteiger partial charge in [0.1, 0.15) is 18.2 Å². The minimum absolute atomic E-state index is 0.303. The molecule has 4 aromatic rings. The first-order valence-corrected chi connectivity index (χ1v) is 7.63. The summed E-state index contributed by atoms with van der Waals surface area (Å²) in [6.45, 7) is 7.08. The molecule has 0 radical (unpaired) electrons. The van der Waals surface area contributed by atoms with Crippen molar-refractivity contribution in [2.45, 2.75) is 13.8 Å². The summed E-state index contributed by atoms with van der Waals surface area (Å²) in [6, 6.07) is 12.9. The summed E-state index contributed by atoms with van der Waals surface area (Å²) < 4.78 is 30.7. The molecule has 4 rings (SSSR count). The lowest BCUT2D eigenvalue weighted by Gasteiger charge is -2.07. The fourth-order valence-corrected chi connectivity index (χ4v) is 3.23. The highest BCUT2D eigenvalue weighted by Gasteiger charge is 2.20. The lowest BCUT2D eigenvalue weighted by molar-refractivity contribution is -0.660. The van der Waals surface area contributed by atoms with Gasteiger partial charge < -0.3 is 4.42 Å². The van der Waals surface area contributed by atoms with Crippen LogP contribution in [0.1, 0.15) is 15.2 Å². The van der Waals surface area contributed by atoms with E-state index in [1.165, 1.54) is 0 Å². The van der Waals surface area contributed by atoms with Gasteiger partial charge in [0.2, 0.25) is 5.69 Å². The Bertz CT molecular complexity index is 1250. The second-order valence-corrected chi connectivity index (χ2v) is 5.94. The SMILES string of the molecule is [2H]C([2H])([2H])c1ccc(-c2c(C)ccc3oc4cc([N+]#[C-])ccc4c23)[n+](C)c1. The Hall–Kier alpha value is -3.12. The predicted molar refractivity (Wildman–Crippen MR) is 96.1 cm³/mol. The third kappa shape index (κ3) is 2.08. The highest BCUT2D eigenvalue weighted by Crippen LogP contribution is 2.38. The molecule has 0 saturated heterocycles. The van der Waals surface area contributed by atoms with Gasteiger partial charge in [-0.3, -0.25) is 0 Å². The molecule has 0 saturated carbocycles. The molecule has 0 amide bonds. The van der Waals surface area contributed by atoms with Gasteiger partial charge in [-0.1, -0.05) is 18.2 Å². The second-order valence-electron chi connectivity index (χ2n) is 5.94. The quantitative estimate of drug-likeness (QED) is 0.347. The molecule has 0 bridgehead atoms. The zero-order valence-corrected chi connectivity index (χ0v) is 13.4. The molecule has 2 aromatic carbocycles. The van der Waals surface area contributed by atoms with Crippen molar-refractivity contribution in [3.8, 4) is 11.3 Å². The monoisotopic (exact) mass is 316 g/mol. The van der Waals surface area contributed by atoms with E-state index in [9.17, 15) is 0 Å². The second kappa shape index (κ2) is 5.21. The summed E-state index contributed by atoms with van der Waals surface area (Å²) in [6.07, 6.45) is 1.65. The van der Waals surface area contributed by atoms with Crippen LogP contribution in [-0.4, -0.2) is 0 Å². The highest BCUT2D eigenvalue weighted by atomic mass is 16.3. The first kappa shape index (κ1) is 11.4. The van der Waals surface area contributed by atoms with Crippen molar-refractivity contribution in [1.29, 1.82) is 0 Å². The van der Waals surface area contributed by atoms with Crippen LogP contribution in [0.2, 0.25) is 0 Å². The van der Waals surface area contributed by atoms with E-state index >= 15 is 0 Å². The van der Waals surface area contributed by atoms with E-state index in [1.807, 2.05) is 42.8 Å². The number of rotatable bonds is 1. The molecule has 3 nitrogen and oxygen atoms in total. The molecule has 0 aliphatic heterocycles. The highest BCUT2D eigenvalue weighted by molar-refractivity contribution is 6.13. The summed E-state index contributed by atoms with van der Waals surface area (Å²) in [5.74, 6) is 0. The molecule has 0 N–H and O–H groups in total. The molecule has 116 valence electrons. The third-order valence-electron chi connectivity index (χ3n) is 4.35. The number of nitrogens with zero attached hydrogens (tertiary/aromatic N) is 2. The van der Waals surface area contributed by atoms with E-state index in [2.05, 4.69) is 4.85 Å². The zero-order chi connectivity index (χ0) is 19.3. The smallest absolute Gasteiger partial charge is 0.213 e. The van der Waals surface area contributed by atoms with Crippen molar-refractivity contribution in [3.05, 3.63) is 71.2 Å². The summed E-state index contributed by atoms with van der Waals surface area (Å²) in [5, 5.41) is 1.91. The minimum Gasteiger partial charge on any atom is -0.457 e. The predicted octanol–water partition coefficient (Wildman–Crippen LogP) is 5.25. The number of furan rings is 1. The van der Waals surface area contributed by atoms with E-state index in [1.54, 1.807) is 24.4 Å². The van der Waals surface area contributed by atoms with Crippen LogP contribution in [0.4, 0.5) is 5.69 Å². The fraction of sp³-hybridized carbons (Fsp3) is 0.143. The maximum Gasteiger partial charge on any atom is 0.213 e. The van der Waals surface area contributed by atoms with Crippen molar-refractivity contribution in [2.75, 3.05) is 0 Å². The number of aromatic nitrogens is 1. The summed E-state index contributed by atoms with van der Waals surface area (Å²) in [7, 11) is 1.85. The minimum atomic E-state index is -2.14. The van der Waals surface area contributed by atoms with Crippen LogP contribution in [0.25, 0.3) is 38.0 Å². The molecule has 0 unspecified atom stereocenters. The first-order valence-electron chi connectivity index (χ1n) is 9.13. The van der Waals surface area contributed by atoms with Crippen LogP contribution >= 0.6 is 0 Å². The van der Waals surface area contributed by atoms with Gasteiger partial charge in [-0.2, -0.15) is 0 Å². The van der Waals surface area contributed by atoms with Gasteiger partial charge >= 0.3 is 0 Å². The number of aryl methyl sites for hydroxylation is 3. The molecule has 0 spiro atoms. The van der Waals surface area contributed by atoms with E-state index < -0.39 is 6.85 Å². The number of hydrogen-bond acceptors (Lipinski definition) is 1. The maximum absolute atomic E-state index is 7.62. The zero-order valence-electron chi connectivity index (χ0n) is 16.4. The number of hydrogen-bond donors (Lipinski definition) is 0. The Morgan fingerprint density at radius 3 is 2.75 bits per heavy atom. The molecular weight excluding hydrogens is 296 g/mol. The van der Waals surface area contributed by atoms with Crippen LogP contribution in [0.3, 0.4) is 0 Å². The molecule has 0 atom stereocenters. The van der Waals surface area contributed by atoms with Crippen LogP contribution in [0.15, 0.2) is 53.1 Å². The van der Waals surface area contributed by atoms with Gasteiger partial charge in [-0.05, 0) is 37.5 Å². The van der Waals surface area contributed by atoms with Gasteiger partial charge in [0, 0.05) is 26.5 Å². The normalized spacial score (nSPS) is 13.5. The molecule has 0 aliphatic rings. The van der Waals surface area contributed by atoms with E-state index in [4.69, 9.17) is 15.1 Å². The Morgan fingerprint density at radius 1 is 1.12 bits per heavy atom. The van der Waals surface area contributed by atoms with Crippen LogP contribution in [0.5, 0.6) is 0 Å². The summed E-state index contributed by atoms with van der Waals surface area (Å²) in [5.41, 5.74) is 5.23. The Kier molecular flexibility index (Phi) is 2.48. The molecule has 0 aliphatic carbocycles. The molecule has 3 heteroatoms. The van der Waals surface area contributed by atoms with Crippen LogP contribution in [0, 0.1) is 20.3 Å². The molecule has 2 heterocycles. The van der Waals surface area contributed by atoms with E-state index in [-0.39, 0.29) is 0 Å². The number of fused-ring (bicyclic) bond motifs is 3. The number of pyridine rings is 1. The molecule has 24 heavy (non-hydrogen) atoms. The van der Waals surface area contributed by atoms with Gasteiger partial charge in [0.25, 0.3) is 0 Å². The van der Waals surface area contributed by atoms with E-state index in [0.29, 0.717) is 16.8 Å². The maximum atomic E-state index is 7.62. The fourth-order valence-electron chi connectivity index (χ4n) is 3.23.